The highest BCUT2D eigenvalue weighted by Gasteiger charge is 2.36. The summed E-state index contributed by atoms with van der Waals surface area (Å²) >= 11 is 0. The lowest BCUT2D eigenvalue weighted by atomic mass is 9.74. The first-order valence-electron chi connectivity index (χ1n) is 5.30. The lowest BCUT2D eigenvalue weighted by molar-refractivity contribution is -0.149. The second-order valence-corrected chi connectivity index (χ2v) is 4.39. The monoisotopic (exact) mass is 198 g/mol. The Labute approximate surface area is 84.5 Å². The van der Waals surface area contributed by atoms with E-state index < -0.39 is 11.9 Å². The van der Waals surface area contributed by atoms with Crippen LogP contribution in [0.4, 0.5) is 0 Å². The van der Waals surface area contributed by atoms with E-state index in [1.54, 1.807) is 0 Å². The van der Waals surface area contributed by atoms with Gasteiger partial charge in [0.05, 0.1) is 5.92 Å². The summed E-state index contributed by atoms with van der Waals surface area (Å²) in [4.78, 5) is 22.7. The first kappa shape index (κ1) is 11.2. The normalized spacial score (nSPS) is 27.6. The van der Waals surface area contributed by atoms with Crippen molar-refractivity contribution in [2.75, 3.05) is 0 Å². The van der Waals surface area contributed by atoms with Crippen LogP contribution in [0.2, 0.25) is 0 Å². The van der Waals surface area contributed by atoms with E-state index in [4.69, 9.17) is 5.11 Å². The number of carbonyl (C=O) groups excluding carboxylic acids is 1. The van der Waals surface area contributed by atoms with Crippen LogP contribution in [0.5, 0.6) is 0 Å². The standard InChI is InChI=1S/C11H18O3/c1-7(2)10(12)8-5-3-4-6-9(8)11(13)14/h7-9H,3-6H2,1-2H3,(H,13,14)/t8-,9+/m0/s1. The van der Waals surface area contributed by atoms with Crippen molar-refractivity contribution in [1.29, 1.82) is 0 Å². The Morgan fingerprint density at radius 1 is 1.14 bits per heavy atom. The van der Waals surface area contributed by atoms with Crippen LogP contribution in [0.25, 0.3) is 0 Å². The molecule has 1 N–H and O–H groups in total. The molecular formula is C11H18O3. The number of hydrogen-bond acceptors (Lipinski definition) is 2. The van der Waals surface area contributed by atoms with Crippen LogP contribution in [0, 0.1) is 17.8 Å². The SMILES string of the molecule is CC(C)C(=O)[C@H]1CCCC[C@H]1C(=O)O. The van der Waals surface area contributed by atoms with Gasteiger partial charge >= 0.3 is 5.97 Å². The molecule has 1 fully saturated rings. The van der Waals surface area contributed by atoms with Gasteiger partial charge in [-0.1, -0.05) is 26.7 Å². The summed E-state index contributed by atoms with van der Waals surface area (Å²) in [6, 6.07) is 0. The zero-order valence-corrected chi connectivity index (χ0v) is 8.82. The molecule has 0 bridgehead atoms. The quantitative estimate of drug-likeness (QED) is 0.755. The second-order valence-electron chi connectivity index (χ2n) is 4.39. The van der Waals surface area contributed by atoms with Crippen molar-refractivity contribution in [3.63, 3.8) is 0 Å². The molecule has 0 aromatic heterocycles. The predicted octanol–water partition coefficient (Wildman–Crippen LogP) is 2.10. The van der Waals surface area contributed by atoms with E-state index >= 15 is 0 Å². The summed E-state index contributed by atoms with van der Waals surface area (Å²) < 4.78 is 0. The Balaban J connectivity index is 2.72. The fraction of sp³-hybridized carbons (Fsp3) is 0.818. The van der Waals surface area contributed by atoms with E-state index in [2.05, 4.69) is 0 Å². The Morgan fingerprint density at radius 2 is 1.64 bits per heavy atom. The molecule has 1 aliphatic rings. The molecule has 0 aromatic carbocycles. The number of ketones is 1. The van der Waals surface area contributed by atoms with Crippen LogP contribution in [-0.4, -0.2) is 16.9 Å². The van der Waals surface area contributed by atoms with Gasteiger partial charge in [0.2, 0.25) is 0 Å². The molecule has 0 aromatic rings. The highest BCUT2D eigenvalue weighted by atomic mass is 16.4. The fourth-order valence-electron chi connectivity index (χ4n) is 2.20. The van der Waals surface area contributed by atoms with Gasteiger partial charge in [0, 0.05) is 11.8 Å². The van der Waals surface area contributed by atoms with Gasteiger partial charge in [0.1, 0.15) is 5.78 Å². The van der Waals surface area contributed by atoms with Crippen molar-refractivity contribution in [1.82, 2.24) is 0 Å². The molecule has 0 spiro atoms. The summed E-state index contributed by atoms with van der Waals surface area (Å²) in [6.45, 7) is 3.69. The molecule has 1 saturated carbocycles. The Kier molecular flexibility index (Phi) is 3.67. The van der Waals surface area contributed by atoms with Crippen molar-refractivity contribution in [3.05, 3.63) is 0 Å². The van der Waals surface area contributed by atoms with Crippen molar-refractivity contribution in [3.8, 4) is 0 Å². The summed E-state index contributed by atoms with van der Waals surface area (Å²) in [7, 11) is 0. The molecule has 80 valence electrons. The van der Waals surface area contributed by atoms with E-state index in [0.29, 0.717) is 6.42 Å². The van der Waals surface area contributed by atoms with Crippen molar-refractivity contribution in [2.45, 2.75) is 39.5 Å². The van der Waals surface area contributed by atoms with Gasteiger partial charge in [-0.2, -0.15) is 0 Å². The lowest BCUT2D eigenvalue weighted by Gasteiger charge is -2.28. The number of rotatable bonds is 3. The molecule has 1 rings (SSSR count). The molecule has 0 heterocycles. The van der Waals surface area contributed by atoms with Gasteiger partial charge in [-0.25, -0.2) is 0 Å². The zero-order chi connectivity index (χ0) is 10.7. The molecule has 0 aliphatic heterocycles. The van der Waals surface area contributed by atoms with Crippen molar-refractivity contribution < 1.29 is 14.7 Å². The van der Waals surface area contributed by atoms with Gasteiger partial charge in [-0.15, -0.1) is 0 Å². The van der Waals surface area contributed by atoms with Gasteiger partial charge in [-0.3, -0.25) is 9.59 Å². The number of carboxylic acid groups (broad SMARTS) is 1. The summed E-state index contributed by atoms with van der Waals surface area (Å²) in [5.74, 6) is -1.39. The molecule has 2 atom stereocenters. The minimum absolute atomic E-state index is 0.0417. The van der Waals surface area contributed by atoms with Gasteiger partial charge in [-0.05, 0) is 12.8 Å². The highest BCUT2D eigenvalue weighted by Crippen LogP contribution is 2.32. The third kappa shape index (κ3) is 2.34. The maximum atomic E-state index is 11.7. The van der Waals surface area contributed by atoms with E-state index in [1.807, 2.05) is 13.8 Å². The summed E-state index contributed by atoms with van der Waals surface area (Å²) in [5, 5.41) is 8.99. The molecular weight excluding hydrogens is 180 g/mol. The van der Waals surface area contributed by atoms with Gasteiger partial charge in [0.25, 0.3) is 0 Å². The number of carboxylic acids is 1. The number of Topliss-reactive ketones (excluding diaryl/α,β-unsaturated/α-hetero) is 1. The van der Waals surface area contributed by atoms with E-state index in [9.17, 15) is 9.59 Å². The third-order valence-corrected chi connectivity index (χ3v) is 3.02. The molecule has 0 radical (unpaired) electrons. The fourth-order valence-corrected chi connectivity index (χ4v) is 2.20. The van der Waals surface area contributed by atoms with E-state index in [1.165, 1.54) is 0 Å². The summed E-state index contributed by atoms with van der Waals surface area (Å²) in [6.07, 6.45) is 3.36. The second kappa shape index (κ2) is 4.58. The average molecular weight is 198 g/mol. The third-order valence-electron chi connectivity index (χ3n) is 3.02. The van der Waals surface area contributed by atoms with Crippen LogP contribution >= 0.6 is 0 Å². The van der Waals surface area contributed by atoms with Gasteiger partial charge < -0.3 is 5.11 Å². The zero-order valence-electron chi connectivity index (χ0n) is 8.82. The van der Waals surface area contributed by atoms with Crippen LogP contribution in [-0.2, 0) is 9.59 Å². The number of aliphatic carboxylic acids is 1. The number of hydrogen-bond donors (Lipinski definition) is 1. The van der Waals surface area contributed by atoms with E-state index in [-0.39, 0.29) is 17.6 Å². The molecule has 3 nitrogen and oxygen atoms in total. The van der Waals surface area contributed by atoms with Crippen LogP contribution in [0.3, 0.4) is 0 Å². The van der Waals surface area contributed by atoms with Crippen LogP contribution in [0.1, 0.15) is 39.5 Å². The molecule has 0 saturated heterocycles. The highest BCUT2D eigenvalue weighted by molar-refractivity contribution is 5.87. The first-order chi connectivity index (χ1) is 6.54. The van der Waals surface area contributed by atoms with Crippen LogP contribution in [0.15, 0.2) is 0 Å². The maximum Gasteiger partial charge on any atom is 0.307 e. The minimum Gasteiger partial charge on any atom is -0.481 e. The smallest absolute Gasteiger partial charge is 0.307 e. The van der Waals surface area contributed by atoms with Crippen LogP contribution < -0.4 is 0 Å². The molecule has 3 heteroatoms. The molecule has 14 heavy (non-hydrogen) atoms. The van der Waals surface area contributed by atoms with Crippen molar-refractivity contribution in [2.24, 2.45) is 17.8 Å². The molecule has 0 unspecified atom stereocenters. The number of carbonyl (C=O) groups is 2. The Bertz CT molecular complexity index is 233. The van der Waals surface area contributed by atoms with Gasteiger partial charge in [0.15, 0.2) is 0 Å². The Morgan fingerprint density at radius 3 is 2.07 bits per heavy atom. The Hall–Kier alpha value is -0.860. The maximum absolute atomic E-state index is 11.7. The summed E-state index contributed by atoms with van der Waals surface area (Å²) in [5.41, 5.74) is 0. The molecule has 0 amide bonds. The van der Waals surface area contributed by atoms with Crippen molar-refractivity contribution >= 4 is 11.8 Å². The van der Waals surface area contributed by atoms with E-state index in [0.717, 1.165) is 19.3 Å². The minimum atomic E-state index is -0.802. The molecule has 1 aliphatic carbocycles. The average Bonchev–Trinajstić information content (AvgIpc) is 2.16. The first-order valence-corrected chi connectivity index (χ1v) is 5.30. The predicted molar refractivity (Wildman–Crippen MR) is 52.9 cm³/mol. The lowest BCUT2D eigenvalue weighted by Crippen LogP contribution is -2.34. The topological polar surface area (TPSA) is 54.4 Å². The largest absolute Gasteiger partial charge is 0.481 e.